The number of benzene rings is 1. The third-order valence-corrected chi connectivity index (χ3v) is 4.64. The Morgan fingerprint density at radius 1 is 1.38 bits per heavy atom. The molecule has 2 N–H and O–H groups in total. The summed E-state index contributed by atoms with van der Waals surface area (Å²) >= 11 is 1.41. The predicted octanol–water partition coefficient (Wildman–Crippen LogP) is 3.18. The lowest BCUT2D eigenvalue weighted by Gasteiger charge is -2.21. The maximum absolute atomic E-state index is 12.9. The molecule has 0 aliphatic rings. The Morgan fingerprint density at radius 2 is 2.12 bits per heavy atom. The Hall–Kier alpha value is -2.51. The molecule has 7 heteroatoms. The molecule has 1 aromatic carbocycles. The molecule has 1 amide bonds. The smallest absolute Gasteiger partial charge is 0.273 e. The fourth-order valence-corrected chi connectivity index (χ4v) is 2.93. The number of amides is 1. The van der Waals surface area contributed by atoms with Gasteiger partial charge in [0, 0.05) is 16.5 Å². The highest BCUT2D eigenvalue weighted by atomic mass is 32.1. The van der Waals surface area contributed by atoms with Crippen molar-refractivity contribution in [3.8, 4) is 11.3 Å². The van der Waals surface area contributed by atoms with Gasteiger partial charge in [-0.1, -0.05) is 11.2 Å². The van der Waals surface area contributed by atoms with E-state index in [1.165, 1.54) is 29.5 Å². The lowest BCUT2D eigenvalue weighted by Crippen LogP contribution is -2.38. The standard InChI is InChI=1S/C17H15FN2O3S/c1-17(22,15-3-2-8-24-15)10-19-16(21)13-9-14(23-20-13)11-4-6-12(18)7-5-11/h2-9,22H,10H2,1H3,(H,19,21). The number of aliphatic hydroxyl groups is 1. The van der Waals surface area contributed by atoms with Gasteiger partial charge in [0.2, 0.25) is 0 Å². The van der Waals surface area contributed by atoms with Gasteiger partial charge in [0.1, 0.15) is 11.4 Å². The fraction of sp³-hybridized carbons (Fsp3) is 0.176. The quantitative estimate of drug-likeness (QED) is 0.744. The molecule has 1 unspecified atom stereocenters. The van der Waals surface area contributed by atoms with E-state index in [0.717, 1.165) is 4.88 Å². The van der Waals surface area contributed by atoms with Gasteiger partial charge in [-0.15, -0.1) is 11.3 Å². The summed E-state index contributed by atoms with van der Waals surface area (Å²) in [6.45, 7) is 1.68. The van der Waals surface area contributed by atoms with Crippen molar-refractivity contribution in [2.75, 3.05) is 6.54 Å². The second kappa shape index (κ2) is 6.54. The summed E-state index contributed by atoms with van der Waals surface area (Å²) in [5.74, 6) is -0.443. The van der Waals surface area contributed by atoms with Crippen LogP contribution in [0.3, 0.4) is 0 Å². The summed E-state index contributed by atoms with van der Waals surface area (Å²) in [4.78, 5) is 12.9. The first-order valence-corrected chi connectivity index (χ1v) is 8.11. The van der Waals surface area contributed by atoms with Crippen LogP contribution < -0.4 is 5.32 Å². The van der Waals surface area contributed by atoms with Gasteiger partial charge in [0.25, 0.3) is 5.91 Å². The van der Waals surface area contributed by atoms with Gasteiger partial charge in [-0.25, -0.2) is 4.39 Å². The number of aromatic nitrogens is 1. The van der Waals surface area contributed by atoms with Crippen LogP contribution in [0.4, 0.5) is 4.39 Å². The topological polar surface area (TPSA) is 75.4 Å². The van der Waals surface area contributed by atoms with Crippen LogP contribution in [0.2, 0.25) is 0 Å². The van der Waals surface area contributed by atoms with Crippen LogP contribution in [0, 0.1) is 5.82 Å². The van der Waals surface area contributed by atoms with Crippen LogP contribution >= 0.6 is 11.3 Å². The molecule has 0 fully saturated rings. The zero-order valence-electron chi connectivity index (χ0n) is 12.8. The Kier molecular flexibility index (Phi) is 4.46. The maximum atomic E-state index is 12.9. The van der Waals surface area contributed by atoms with E-state index in [1.807, 2.05) is 11.4 Å². The van der Waals surface area contributed by atoms with E-state index in [9.17, 15) is 14.3 Å². The average molecular weight is 346 g/mol. The molecule has 2 aromatic heterocycles. The lowest BCUT2D eigenvalue weighted by molar-refractivity contribution is 0.0554. The van der Waals surface area contributed by atoms with E-state index in [0.29, 0.717) is 11.3 Å². The van der Waals surface area contributed by atoms with Crippen LogP contribution in [0.25, 0.3) is 11.3 Å². The van der Waals surface area contributed by atoms with Gasteiger partial charge >= 0.3 is 0 Å². The second-order valence-corrected chi connectivity index (χ2v) is 6.46. The summed E-state index contributed by atoms with van der Waals surface area (Å²) in [6, 6.07) is 10.8. The lowest BCUT2D eigenvalue weighted by atomic mass is 10.1. The van der Waals surface area contributed by atoms with Crippen LogP contribution in [-0.4, -0.2) is 22.7 Å². The third-order valence-electron chi connectivity index (χ3n) is 3.52. The van der Waals surface area contributed by atoms with Crippen molar-refractivity contribution in [3.63, 3.8) is 0 Å². The number of carbonyl (C=O) groups excluding carboxylic acids is 1. The summed E-state index contributed by atoms with van der Waals surface area (Å²) in [5.41, 5.74) is -0.447. The van der Waals surface area contributed by atoms with Crippen molar-refractivity contribution in [1.29, 1.82) is 0 Å². The van der Waals surface area contributed by atoms with Crippen LogP contribution in [0.15, 0.2) is 52.4 Å². The molecule has 3 aromatic rings. The highest BCUT2D eigenvalue weighted by Gasteiger charge is 2.25. The molecule has 0 radical (unpaired) electrons. The number of hydrogen-bond donors (Lipinski definition) is 2. The van der Waals surface area contributed by atoms with Gasteiger partial charge < -0.3 is 14.9 Å². The molecule has 2 heterocycles. The molecule has 3 rings (SSSR count). The summed E-state index contributed by atoms with van der Waals surface area (Å²) in [7, 11) is 0. The third kappa shape index (κ3) is 3.52. The van der Waals surface area contributed by atoms with E-state index in [1.54, 1.807) is 25.1 Å². The first-order valence-electron chi connectivity index (χ1n) is 7.23. The molecule has 0 aliphatic carbocycles. The monoisotopic (exact) mass is 346 g/mol. The Morgan fingerprint density at radius 3 is 2.79 bits per heavy atom. The molecule has 0 aliphatic heterocycles. The molecule has 5 nitrogen and oxygen atoms in total. The molecular weight excluding hydrogens is 331 g/mol. The molecule has 1 atom stereocenters. The van der Waals surface area contributed by atoms with E-state index < -0.39 is 11.5 Å². The zero-order chi connectivity index (χ0) is 17.2. The molecule has 24 heavy (non-hydrogen) atoms. The van der Waals surface area contributed by atoms with E-state index >= 15 is 0 Å². The minimum atomic E-state index is -1.16. The van der Waals surface area contributed by atoms with Gasteiger partial charge in [0.15, 0.2) is 11.5 Å². The molecule has 0 saturated carbocycles. The maximum Gasteiger partial charge on any atom is 0.273 e. The van der Waals surface area contributed by atoms with Crippen LogP contribution in [0.1, 0.15) is 22.3 Å². The summed E-state index contributed by atoms with van der Waals surface area (Å²) < 4.78 is 18.1. The fourth-order valence-electron chi connectivity index (χ4n) is 2.15. The van der Waals surface area contributed by atoms with Gasteiger partial charge in [-0.3, -0.25) is 4.79 Å². The zero-order valence-corrected chi connectivity index (χ0v) is 13.6. The van der Waals surface area contributed by atoms with Gasteiger partial charge in [0.05, 0.1) is 6.54 Å². The predicted molar refractivity (Wildman–Crippen MR) is 88.1 cm³/mol. The van der Waals surface area contributed by atoms with Crippen LogP contribution in [0.5, 0.6) is 0 Å². The van der Waals surface area contributed by atoms with E-state index in [4.69, 9.17) is 4.52 Å². The van der Waals surface area contributed by atoms with Gasteiger partial charge in [-0.2, -0.15) is 0 Å². The average Bonchev–Trinajstić information content (AvgIpc) is 3.25. The highest BCUT2D eigenvalue weighted by molar-refractivity contribution is 7.10. The normalized spacial score (nSPS) is 13.5. The summed E-state index contributed by atoms with van der Waals surface area (Å²) in [5, 5.41) is 18.6. The van der Waals surface area contributed by atoms with E-state index in [-0.39, 0.29) is 18.1 Å². The molecule has 124 valence electrons. The van der Waals surface area contributed by atoms with Crippen molar-refractivity contribution >= 4 is 17.2 Å². The number of nitrogens with one attached hydrogen (secondary N) is 1. The number of thiophene rings is 1. The van der Waals surface area contributed by atoms with Crippen LogP contribution in [-0.2, 0) is 5.60 Å². The Labute approximate surface area is 141 Å². The first kappa shape index (κ1) is 16.4. The minimum Gasteiger partial charge on any atom is -0.383 e. The van der Waals surface area contributed by atoms with Crippen molar-refractivity contribution < 1.29 is 18.8 Å². The molecule has 0 spiro atoms. The molecular formula is C17H15FN2O3S. The minimum absolute atomic E-state index is 0.0467. The highest BCUT2D eigenvalue weighted by Crippen LogP contribution is 2.25. The van der Waals surface area contributed by atoms with Crippen molar-refractivity contribution in [2.24, 2.45) is 0 Å². The van der Waals surface area contributed by atoms with E-state index in [2.05, 4.69) is 10.5 Å². The number of hydrogen-bond acceptors (Lipinski definition) is 5. The number of carbonyl (C=O) groups is 1. The molecule has 0 bridgehead atoms. The Bertz CT molecular complexity index is 826. The number of nitrogens with zero attached hydrogens (tertiary/aromatic N) is 1. The SMILES string of the molecule is CC(O)(CNC(=O)c1cc(-c2ccc(F)cc2)on1)c1cccs1. The second-order valence-electron chi connectivity index (χ2n) is 5.52. The van der Waals surface area contributed by atoms with Crippen molar-refractivity contribution in [3.05, 3.63) is 64.2 Å². The van der Waals surface area contributed by atoms with Gasteiger partial charge in [-0.05, 0) is 42.6 Å². The van der Waals surface area contributed by atoms with Crippen molar-refractivity contribution in [2.45, 2.75) is 12.5 Å². The molecule has 0 saturated heterocycles. The van der Waals surface area contributed by atoms with Crippen molar-refractivity contribution in [1.82, 2.24) is 10.5 Å². The first-order chi connectivity index (χ1) is 11.5. The Balaban J connectivity index is 1.67. The number of halogens is 1. The number of rotatable bonds is 5. The largest absolute Gasteiger partial charge is 0.383 e. The summed E-state index contributed by atoms with van der Waals surface area (Å²) in [6.07, 6.45) is 0.